The number of hydrogen-bond donors (Lipinski definition) is 2. The second-order valence-corrected chi connectivity index (χ2v) is 5.72. The second kappa shape index (κ2) is 5.47. The minimum Gasteiger partial charge on any atom is -0.338 e. The molecule has 2 aromatic carbocycles. The number of hydrogen-bond acceptors (Lipinski definition) is 2. The second-order valence-electron chi connectivity index (χ2n) is 5.34. The molecule has 2 N–H and O–H groups in total. The highest BCUT2D eigenvalue weighted by Crippen LogP contribution is 2.29. The van der Waals surface area contributed by atoms with Crippen molar-refractivity contribution in [1.82, 2.24) is 10.7 Å². The molecule has 1 atom stereocenters. The highest BCUT2D eigenvalue weighted by Gasteiger charge is 2.40. The molecule has 0 bridgehead atoms. The number of rotatable bonds is 3. The Kier molecular flexibility index (Phi) is 3.66. The summed E-state index contributed by atoms with van der Waals surface area (Å²) in [7, 11) is 0. The van der Waals surface area contributed by atoms with Gasteiger partial charge in [0.15, 0.2) is 5.11 Å². The summed E-state index contributed by atoms with van der Waals surface area (Å²) in [5, 5.41) is 6.09. The average molecular weight is 297 g/mol. The number of thiocarbonyl (C=S) groups is 1. The maximum absolute atomic E-state index is 5.52. The number of benzene rings is 2. The van der Waals surface area contributed by atoms with E-state index in [1.807, 2.05) is 23.2 Å². The quantitative estimate of drug-likeness (QED) is 0.849. The summed E-state index contributed by atoms with van der Waals surface area (Å²) in [6.45, 7) is 4.23. The Morgan fingerprint density at radius 1 is 1.05 bits per heavy atom. The summed E-state index contributed by atoms with van der Waals surface area (Å²) >= 11 is 5.52. The van der Waals surface area contributed by atoms with Crippen molar-refractivity contribution < 1.29 is 0 Å². The monoisotopic (exact) mass is 297 g/mol. The van der Waals surface area contributed by atoms with Crippen LogP contribution in [0.5, 0.6) is 0 Å². The zero-order valence-corrected chi connectivity index (χ0v) is 13.1. The first kappa shape index (κ1) is 14.0. The van der Waals surface area contributed by atoms with Crippen LogP contribution in [-0.2, 0) is 5.66 Å². The molecule has 1 saturated heterocycles. The van der Waals surface area contributed by atoms with Crippen molar-refractivity contribution in [2.24, 2.45) is 0 Å². The van der Waals surface area contributed by atoms with Gasteiger partial charge in [0.05, 0.1) is 5.69 Å². The number of hydrazine groups is 1. The van der Waals surface area contributed by atoms with E-state index in [9.17, 15) is 0 Å². The third-order valence-corrected chi connectivity index (χ3v) is 4.20. The smallest absolute Gasteiger partial charge is 0.190 e. The van der Waals surface area contributed by atoms with Gasteiger partial charge in [-0.3, -0.25) is 0 Å². The number of aryl methyl sites for hydroxylation is 1. The fraction of sp³-hybridized carbons (Fsp3) is 0.235. The van der Waals surface area contributed by atoms with Crippen LogP contribution >= 0.6 is 12.2 Å². The van der Waals surface area contributed by atoms with Crippen LogP contribution in [0.1, 0.15) is 24.5 Å². The van der Waals surface area contributed by atoms with E-state index in [0.717, 1.165) is 12.1 Å². The molecule has 3 rings (SSSR count). The SMILES string of the molecule is CC[C@@]1(c2ccccc2)NC(=S)N(c2ccc(C)cc2)N1. The van der Waals surface area contributed by atoms with Gasteiger partial charge < -0.3 is 5.32 Å². The van der Waals surface area contributed by atoms with Gasteiger partial charge in [0, 0.05) is 0 Å². The van der Waals surface area contributed by atoms with E-state index >= 15 is 0 Å². The molecule has 0 amide bonds. The summed E-state index contributed by atoms with van der Waals surface area (Å²) < 4.78 is 0. The molecule has 0 unspecified atom stereocenters. The molecule has 108 valence electrons. The Balaban J connectivity index is 1.94. The van der Waals surface area contributed by atoms with E-state index in [1.165, 1.54) is 11.1 Å². The molecule has 1 aliphatic rings. The molecule has 1 aliphatic heterocycles. The lowest BCUT2D eigenvalue weighted by molar-refractivity contribution is 0.337. The zero-order valence-electron chi connectivity index (χ0n) is 12.3. The fourth-order valence-electron chi connectivity index (χ4n) is 2.61. The standard InChI is InChI=1S/C17H19N3S/c1-3-17(14-7-5-4-6-8-14)18-16(21)20(19-17)15-11-9-13(2)10-12-15/h4-12,19H,3H2,1-2H3,(H,18,21)/t17-/m1/s1. The van der Waals surface area contributed by atoms with Crippen molar-refractivity contribution in [3.63, 3.8) is 0 Å². The van der Waals surface area contributed by atoms with Crippen molar-refractivity contribution >= 4 is 23.0 Å². The third kappa shape index (κ3) is 2.52. The van der Waals surface area contributed by atoms with Crippen LogP contribution in [0.3, 0.4) is 0 Å². The summed E-state index contributed by atoms with van der Waals surface area (Å²) in [6, 6.07) is 18.7. The highest BCUT2D eigenvalue weighted by atomic mass is 32.1. The molecule has 0 radical (unpaired) electrons. The maximum Gasteiger partial charge on any atom is 0.190 e. The minimum atomic E-state index is -0.344. The van der Waals surface area contributed by atoms with Crippen LogP contribution in [-0.4, -0.2) is 5.11 Å². The summed E-state index contributed by atoms with van der Waals surface area (Å²) in [6.07, 6.45) is 0.888. The number of anilines is 1. The molecule has 0 aliphatic carbocycles. The van der Waals surface area contributed by atoms with Crippen molar-refractivity contribution in [2.75, 3.05) is 5.01 Å². The number of nitrogens with zero attached hydrogens (tertiary/aromatic N) is 1. The Labute approximate surface area is 130 Å². The molecule has 0 aromatic heterocycles. The van der Waals surface area contributed by atoms with Crippen LogP contribution < -0.4 is 15.8 Å². The summed E-state index contributed by atoms with van der Waals surface area (Å²) in [5.41, 5.74) is 6.66. The van der Waals surface area contributed by atoms with E-state index < -0.39 is 0 Å². The lowest BCUT2D eigenvalue weighted by Crippen LogP contribution is -2.47. The molecular formula is C17H19N3S. The fourth-order valence-corrected chi connectivity index (χ4v) is 2.94. The van der Waals surface area contributed by atoms with Gasteiger partial charge in [-0.05, 0) is 43.3 Å². The van der Waals surface area contributed by atoms with Gasteiger partial charge in [0.2, 0.25) is 0 Å². The van der Waals surface area contributed by atoms with Crippen LogP contribution in [0.4, 0.5) is 5.69 Å². The van der Waals surface area contributed by atoms with E-state index in [1.54, 1.807) is 0 Å². The third-order valence-electron chi connectivity index (χ3n) is 3.92. The van der Waals surface area contributed by atoms with Gasteiger partial charge in [-0.25, -0.2) is 5.01 Å². The Morgan fingerprint density at radius 2 is 1.71 bits per heavy atom. The zero-order chi connectivity index (χ0) is 14.9. The maximum atomic E-state index is 5.52. The van der Waals surface area contributed by atoms with Gasteiger partial charge in [-0.1, -0.05) is 55.0 Å². The normalized spacial score (nSPS) is 21.4. The molecule has 1 heterocycles. The lowest BCUT2D eigenvalue weighted by atomic mass is 9.98. The van der Waals surface area contributed by atoms with E-state index in [0.29, 0.717) is 5.11 Å². The molecule has 1 fully saturated rings. The van der Waals surface area contributed by atoms with Crippen LogP contribution in [0.25, 0.3) is 0 Å². The molecule has 0 saturated carbocycles. The molecule has 0 spiro atoms. The van der Waals surface area contributed by atoms with Crippen LogP contribution in [0.15, 0.2) is 54.6 Å². The van der Waals surface area contributed by atoms with Crippen molar-refractivity contribution in [2.45, 2.75) is 25.9 Å². The topological polar surface area (TPSA) is 27.3 Å². The van der Waals surface area contributed by atoms with Gasteiger partial charge >= 0.3 is 0 Å². The largest absolute Gasteiger partial charge is 0.338 e. The number of nitrogens with one attached hydrogen (secondary N) is 2. The molecular weight excluding hydrogens is 278 g/mol. The van der Waals surface area contributed by atoms with E-state index in [2.05, 4.69) is 61.0 Å². The lowest BCUT2D eigenvalue weighted by Gasteiger charge is -2.29. The Hall–Kier alpha value is -1.91. The predicted molar refractivity (Wildman–Crippen MR) is 90.9 cm³/mol. The minimum absolute atomic E-state index is 0.344. The van der Waals surface area contributed by atoms with E-state index in [-0.39, 0.29) is 5.66 Å². The first-order valence-electron chi connectivity index (χ1n) is 7.17. The van der Waals surface area contributed by atoms with Crippen LogP contribution in [0.2, 0.25) is 0 Å². The summed E-state index contributed by atoms with van der Waals surface area (Å²) in [4.78, 5) is 0. The van der Waals surface area contributed by atoms with Gasteiger partial charge in [-0.2, -0.15) is 5.43 Å². The summed E-state index contributed by atoms with van der Waals surface area (Å²) in [5.74, 6) is 0. The molecule has 4 heteroatoms. The van der Waals surface area contributed by atoms with Gasteiger partial charge in [0.25, 0.3) is 0 Å². The predicted octanol–water partition coefficient (Wildman–Crippen LogP) is 3.46. The van der Waals surface area contributed by atoms with E-state index in [4.69, 9.17) is 12.2 Å². The highest BCUT2D eigenvalue weighted by molar-refractivity contribution is 7.80. The molecule has 3 nitrogen and oxygen atoms in total. The van der Waals surface area contributed by atoms with Crippen LogP contribution in [0, 0.1) is 6.92 Å². The molecule has 21 heavy (non-hydrogen) atoms. The first-order chi connectivity index (χ1) is 10.1. The van der Waals surface area contributed by atoms with Crippen molar-refractivity contribution in [3.8, 4) is 0 Å². The van der Waals surface area contributed by atoms with Gasteiger partial charge in [-0.15, -0.1) is 0 Å². The average Bonchev–Trinajstić information content (AvgIpc) is 2.87. The first-order valence-corrected chi connectivity index (χ1v) is 7.58. The Bertz CT molecular complexity index is 639. The van der Waals surface area contributed by atoms with Gasteiger partial charge in [0.1, 0.15) is 5.66 Å². The van der Waals surface area contributed by atoms with Crippen molar-refractivity contribution in [3.05, 3.63) is 65.7 Å². The van der Waals surface area contributed by atoms with Crippen molar-refractivity contribution in [1.29, 1.82) is 0 Å². The Morgan fingerprint density at radius 3 is 2.33 bits per heavy atom. The molecule has 2 aromatic rings.